The molecule has 1 rings (SSSR count). The number of nitrogens with zero attached hydrogens (tertiary/aromatic N) is 1. The minimum absolute atomic E-state index is 0.167. The fourth-order valence-electron chi connectivity index (χ4n) is 2.54. The molecule has 1 atom stereocenters. The van der Waals surface area contributed by atoms with Crippen LogP contribution in [0.15, 0.2) is 0 Å². The summed E-state index contributed by atoms with van der Waals surface area (Å²) in [6.07, 6.45) is -3.47. The van der Waals surface area contributed by atoms with E-state index in [-0.39, 0.29) is 6.61 Å². The normalized spacial score (nSPS) is 28.6. The molecule has 0 saturated carbocycles. The van der Waals surface area contributed by atoms with Crippen molar-refractivity contribution in [3.05, 3.63) is 0 Å². The first-order valence-electron chi connectivity index (χ1n) is 5.24. The summed E-state index contributed by atoms with van der Waals surface area (Å²) in [7, 11) is 1.46. The zero-order valence-electron chi connectivity index (χ0n) is 9.23. The first-order chi connectivity index (χ1) is 6.93. The van der Waals surface area contributed by atoms with Crippen LogP contribution in [0.25, 0.3) is 0 Å². The van der Waals surface area contributed by atoms with Crippen molar-refractivity contribution < 1.29 is 17.9 Å². The summed E-state index contributed by atoms with van der Waals surface area (Å²) in [5, 5.41) is 0. The number of methoxy groups -OCH3 is 1. The van der Waals surface area contributed by atoms with Crippen molar-refractivity contribution in [2.75, 3.05) is 26.8 Å². The lowest BCUT2D eigenvalue weighted by molar-refractivity contribution is -0.166. The number of rotatable bonds is 4. The zero-order valence-corrected chi connectivity index (χ0v) is 9.23. The molecule has 0 amide bonds. The SMILES string of the molecule is CCN1CCCC1(COC)CC(F)(F)F. The van der Waals surface area contributed by atoms with Gasteiger partial charge in [-0.05, 0) is 25.9 Å². The van der Waals surface area contributed by atoms with Gasteiger partial charge in [-0.15, -0.1) is 0 Å². The Morgan fingerprint density at radius 2 is 2.07 bits per heavy atom. The molecule has 2 nitrogen and oxygen atoms in total. The lowest BCUT2D eigenvalue weighted by Crippen LogP contribution is -2.50. The third-order valence-electron chi connectivity index (χ3n) is 3.07. The maximum Gasteiger partial charge on any atom is 0.390 e. The minimum Gasteiger partial charge on any atom is -0.383 e. The van der Waals surface area contributed by atoms with E-state index in [4.69, 9.17) is 4.74 Å². The molecule has 0 aromatic heterocycles. The number of halogens is 3. The van der Waals surface area contributed by atoms with Gasteiger partial charge in [0.25, 0.3) is 0 Å². The van der Waals surface area contributed by atoms with Gasteiger partial charge in [-0.25, -0.2) is 0 Å². The largest absolute Gasteiger partial charge is 0.390 e. The second-order valence-electron chi connectivity index (χ2n) is 4.13. The molecule has 1 aliphatic rings. The maximum atomic E-state index is 12.5. The van der Waals surface area contributed by atoms with Crippen molar-refractivity contribution in [3.8, 4) is 0 Å². The first kappa shape index (κ1) is 12.8. The van der Waals surface area contributed by atoms with Gasteiger partial charge in [-0.1, -0.05) is 6.92 Å². The van der Waals surface area contributed by atoms with Crippen molar-refractivity contribution in [1.82, 2.24) is 4.90 Å². The quantitative estimate of drug-likeness (QED) is 0.728. The average molecular weight is 225 g/mol. The van der Waals surface area contributed by atoms with Crippen LogP contribution in [-0.2, 0) is 4.74 Å². The Morgan fingerprint density at radius 1 is 1.40 bits per heavy atom. The molecule has 1 unspecified atom stereocenters. The Kier molecular flexibility index (Phi) is 4.00. The summed E-state index contributed by atoms with van der Waals surface area (Å²) in [6.45, 7) is 3.46. The van der Waals surface area contributed by atoms with Crippen LogP contribution in [0.2, 0.25) is 0 Å². The molecule has 5 heteroatoms. The van der Waals surface area contributed by atoms with Gasteiger partial charge in [0.1, 0.15) is 0 Å². The molecule has 0 aromatic rings. The van der Waals surface area contributed by atoms with E-state index in [2.05, 4.69) is 0 Å². The highest BCUT2D eigenvalue weighted by Crippen LogP contribution is 2.39. The van der Waals surface area contributed by atoms with Gasteiger partial charge in [-0.2, -0.15) is 13.2 Å². The monoisotopic (exact) mass is 225 g/mol. The molecule has 1 saturated heterocycles. The summed E-state index contributed by atoms with van der Waals surface area (Å²) < 4.78 is 42.5. The molecular formula is C10H18F3NO. The fraction of sp³-hybridized carbons (Fsp3) is 1.00. The van der Waals surface area contributed by atoms with Crippen molar-refractivity contribution in [2.24, 2.45) is 0 Å². The van der Waals surface area contributed by atoms with Crippen LogP contribution in [-0.4, -0.2) is 43.4 Å². The molecule has 1 aliphatic heterocycles. The van der Waals surface area contributed by atoms with E-state index in [0.717, 1.165) is 13.0 Å². The maximum absolute atomic E-state index is 12.5. The molecule has 90 valence electrons. The summed E-state index contributed by atoms with van der Waals surface area (Å²) in [4.78, 5) is 1.89. The van der Waals surface area contributed by atoms with Crippen LogP contribution in [0.4, 0.5) is 13.2 Å². The van der Waals surface area contributed by atoms with E-state index in [1.807, 2.05) is 11.8 Å². The van der Waals surface area contributed by atoms with Crippen LogP contribution in [0.3, 0.4) is 0 Å². The summed E-state index contributed by atoms with van der Waals surface area (Å²) in [6, 6.07) is 0. The zero-order chi connectivity index (χ0) is 11.5. The summed E-state index contributed by atoms with van der Waals surface area (Å²) >= 11 is 0. The van der Waals surface area contributed by atoms with Crippen LogP contribution in [0.5, 0.6) is 0 Å². The minimum atomic E-state index is -4.11. The Hall–Kier alpha value is -0.290. The lowest BCUT2D eigenvalue weighted by Gasteiger charge is -2.38. The van der Waals surface area contributed by atoms with Gasteiger partial charge in [0.2, 0.25) is 0 Å². The van der Waals surface area contributed by atoms with Crippen LogP contribution >= 0.6 is 0 Å². The van der Waals surface area contributed by atoms with Crippen LogP contribution < -0.4 is 0 Å². The third kappa shape index (κ3) is 3.08. The average Bonchev–Trinajstić information content (AvgIpc) is 2.45. The molecule has 0 aliphatic carbocycles. The van der Waals surface area contributed by atoms with Gasteiger partial charge in [0.05, 0.1) is 18.6 Å². The predicted molar refractivity (Wildman–Crippen MR) is 51.8 cm³/mol. The number of alkyl halides is 3. The molecule has 0 bridgehead atoms. The molecule has 1 fully saturated rings. The van der Waals surface area contributed by atoms with Crippen LogP contribution in [0, 0.1) is 0 Å². The third-order valence-corrected chi connectivity index (χ3v) is 3.07. The second kappa shape index (κ2) is 4.70. The van der Waals surface area contributed by atoms with Crippen molar-refractivity contribution in [1.29, 1.82) is 0 Å². The first-order valence-corrected chi connectivity index (χ1v) is 5.24. The van der Waals surface area contributed by atoms with Gasteiger partial charge in [-0.3, -0.25) is 4.90 Å². The number of likely N-dealkylation sites (N-methyl/N-ethyl adjacent to an activating group) is 1. The predicted octanol–water partition coefficient (Wildman–Crippen LogP) is 2.44. The van der Waals surface area contributed by atoms with Gasteiger partial charge in [0.15, 0.2) is 0 Å². The molecular weight excluding hydrogens is 207 g/mol. The fourth-order valence-corrected chi connectivity index (χ4v) is 2.54. The summed E-state index contributed by atoms with van der Waals surface area (Å²) in [5.41, 5.74) is -0.818. The van der Waals surface area contributed by atoms with Crippen molar-refractivity contribution in [3.63, 3.8) is 0 Å². The lowest BCUT2D eigenvalue weighted by atomic mass is 9.92. The Morgan fingerprint density at radius 3 is 2.53 bits per heavy atom. The highest BCUT2D eigenvalue weighted by molar-refractivity contribution is 4.97. The van der Waals surface area contributed by atoms with Crippen LogP contribution in [0.1, 0.15) is 26.2 Å². The molecule has 0 radical (unpaired) electrons. The molecule has 15 heavy (non-hydrogen) atoms. The van der Waals surface area contributed by atoms with E-state index >= 15 is 0 Å². The highest BCUT2D eigenvalue weighted by atomic mass is 19.4. The second-order valence-corrected chi connectivity index (χ2v) is 4.13. The summed E-state index contributed by atoms with van der Waals surface area (Å²) in [5.74, 6) is 0. The molecule has 0 spiro atoms. The molecule has 0 N–H and O–H groups in total. The standard InChI is InChI=1S/C10H18F3NO/c1-3-14-6-4-5-9(14,8-15-2)7-10(11,12)13/h3-8H2,1-2H3. The van der Waals surface area contributed by atoms with Gasteiger partial charge in [0, 0.05) is 7.11 Å². The molecule has 1 heterocycles. The number of ether oxygens (including phenoxy) is 1. The van der Waals surface area contributed by atoms with Crippen molar-refractivity contribution >= 4 is 0 Å². The number of hydrogen-bond acceptors (Lipinski definition) is 2. The van der Waals surface area contributed by atoms with E-state index in [1.165, 1.54) is 7.11 Å². The topological polar surface area (TPSA) is 12.5 Å². The Balaban J connectivity index is 2.77. The smallest absolute Gasteiger partial charge is 0.383 e. The number of likely N-dealkylation sites (tertiary alicyclic amines) is 1. The highest BCUT2D eigenvalue weighted by Gasteiger charge is 2.48. The van der Waals surface area contributed by atoms with E-state index in [9.17, 15) is 13.2 Å². The number of hydrogen-bond donors (Lipinski definition) is 0. The van der Waals surface area contributed by atoms with E-state index in [1.54, 1.807) is 0 Å². The Bertz CT molecular complexity index is 207. The Labute approximate surface area is 88.4 Å². The molecule has 0 aromatic carbocycles. The van der Waals surface area contributed by atoms with E-state index in [0.29, 0.717) is 13.0 Å². The van der Waals surface area contributed by atoms with Gasteiger partial charge >= 0.3 is 6.18 Å². The van der Waals surface area contributed by atoms with E-state index < -0.39 is 18.1 Å². The van der Waals surface area contributed by atoms with Crippen molar-refractivity contribution in [2.45, 2.75) is 37.9 Å². The van der Waals surface area contributed by atoms with Gasteiger partial charge < -0.3 is 4.74 Å².